The predicted octanol–water partition coefficient (Wildman–Crippen LogP) is 2.71. The predicted molar refractivity (Wildman–Crippen MR) is 71.8 cm³/mol. The number of hydrogen-bond acceptors (Lipinski definition) is 5. The SMILES string of the molecule is CCCNC(C)c1ccc(OCc2ncon2)cc1. The van der Waals surface area contributed by atoms with E-state index in [0.717, 1.165) is 18.7 Å². The van der Waals surface area contributed by atoms with Gasteiger partial charge in [-0.15, -0.1) is 0 Å². The molecule has 0 saturated carbocycles. The molecule has 0 amide bonds. The lowest BCUT2D eigenvalue weighted by atomic mass is 10.1. The van der Waals surface area contributed by atoms with E-state index in [9.17, 15) is 0 Å². The summed E-state index contributed by atoms with van der Waals surface area (Å²) in [6, 6.07) is 8.41. The van der Waals surface area contributed by atoms with Gasteiger partial charge in [-0.1, -0.05) is 24.2 Å². The lowest BCUT2D eigenvalue weighted by Gasteiger charge is -2.14. The van der Waals surface area contributed by atoms with Crippen molar-refractivity contribution in [2.24, 2.45) is 0 Å². The third kappa shape index (κ3) is 4.06. The second-order valence-electron chi connectivity index (χ2n) is 4.38. The monoisotopic (exact) mass is 261 g/mol. The summed E-state index contributed by atoms with van der Waals surface area (Å²) < 4.78 is 10.2. The molecule has 0 aliphatic rings. The number of benzene rings is 1. The van der Waals surface area contributed by atoms with Crippen LogP contribution in [0.15, 0.2) is 35.2 Å². The molecule has 2 rings (SSSR count). The zero-order valence-electron chi connectivity index (χ0n) is 11.3. The Morgan fingerprint density at radius 3 is 2.74 bits per heavy atom. The smallest absolute Gasteiger partial charge is 0.213 e. The molecule has 5 heteroatoms. The minimum atomic E-state index is 0.319. The van der Waals surface area contributed by atoms with E-state index in [2.05, 4.69) is 46.0 Å². The summed E-state index contributed by atoms with van der Waals surface area (Å²) in [5.74, 6) is 1.35. The third-order valence-corrected chi connectivity index (χ3v) is 2.86. The molecule has 0 aliphatic carbocycles. The van der Waals surface area contributed by atoms with Crippen molar-refractivity contribution in [3.8, 4) is 5.75 Å². The largest absolute Gasteiger partial charge is 0.485 e. The fourth-order valence-corrected chi connectivity index (χ4v) is 1.74. The first-order chi connectivity index (χ1) is 9.29. The number of hydrogen-bond donors (Lipinski definition) is 1. The van der Waals surface area contributed by atoms with Gasteiger partial charge in [0.25, 0.3) is 0 Å². The standard InChI is InChI=1S/C14H19N3O2/c1-3-8-15-11(2)12-4-6-13(7-5-12)18-9-14-16-10-19-17-14/h4-7,10-11,15H,3,8-9H2,1-2H3. The van der Waals surface area contributed by atoms with Crippen molar-refractivity contribution in [3.63, 3.8) is 0 Å². The summed E-state index contributed by atoms with van der Waals surface area (Å²) in [6.07, 6.45) is 2.43. The van der Waals surface area contributed by atoms with Gasteiger partial charge < -0.3 is 14.6 Å². The van der Waals surface area contributed by atoms with Crippen molar-refractivity contribution in [2.45, 2.75) is 32.9 Å². The van der Waals surface area contributed by atoms with Crippen LogP contribution in [0.5, 0.6) is 5.75 Å². The van der Waals surface area contributed by atoms with E-state index < -0.39 is 0 Å². The van der Waals surface area contributed by atoms with E-state index >= 15 is 0 Å². The normalized spacial score (nSPS) is 12.3. The summed E-state index contributed by atoms with van der Waals surface area (Å²) in [6.45, 7) is 5.66. The maximum atomic E-state index is 5.56. The minimum Gasteiger partial charge on any atom is -0.485 e. The maximum Gasteiger partial charge on any atom is 0.213 e. The average Bonchev–Trinajstić information content (AvgIpc) is 2.96. The van der Waals surface area contributed by atoms with E-state index in [1.165, 1.54) is 12.0 Å². The molecule has 1 aromatic carbocycles. The summed E-state index contributed by atoms with van der Waals surface area (Å²) in [7, 11) is 0. The number of rotatable bonds is 7. The van der Waals surface area contributed by atoms with Crippen molar-refractivity contribution in [3.05, 3.63) is 42.0 Å². The lowest BCUT2D eigenvalue weighted by molar-refractivity contribution is 0.286. The summed E-state index contributed by atoms with van der Waals surface area (Å²) in [5.41, 5.74) is 1.25. The van der Waals surface area contributed by atoms with E-state index in [4.69, 9.17) is 4.74 Å². The highest BCUT2D eigenvalue weighted by molar-refractivity contribution is 5.28. The molecule has 1 atom stereocenters. The topological polar surface area (TPSA) is 60.2 Å². The molecule has 0 fully saturated rings. The fraction of sp³-hybridized carbons (Fsp3) is 0.429. The first kappa shape index (κ1) is 13.5. The molecular weight excluding hydrogens is 242 g/mol. The number of ether oxygens (including phenoxy) is 1. The van der Waals surface area contributed by atoms with Gasteiger partial charge in [0.2, 0.25) is 12.2 Å². The molecule has 1 N–H and O–H groups in total. The molecule has 1 aromatic heterocycles. The molecule has 0 bridgehead atoms. The van der Waals surface area contributed by atoms with Crippen LogP contribution < -0.4 is 10.1 Å². The molecule has 5 nitrogen and oxygen atoms in total. The second kappa shape index (κ2) is 6.89. The highest BCUT2D eigenvalue weighted by Gasteiger charge is 2.05. The first-order valence-electron chi connectivity index (χ1n) is 6.51. The summed E-state index contributed by atoms with van der Waals surface area (Å²) in [5, 5.41) is 7.14. The minimum absolute atomic E-state index is 0.319. The Balaban J connectivity index is 1.87. The lowest BCUT2D eigenvalue weighted by Crippen LogP contribution is -2.19. The number of aromatic nitrogens is 2. The van der Waals surface area contributed by atoms with Gasteiger partial charge in [-0.05, 0) is 37.6 Å². The Labute approximate surface area is 113 Å². The van der Waals surface area contributed by atoms with Gasteiger partial charge in [-0.3, -0.25) is 0 Å². The Bertz CT molecular complexity index is 468. The van der Waals surface area contributed by atoms with Crippen molar-refractivity contribution in [1.82, 2.24) is 15.5 Å². The molecule has 0 spiro atoms. The van der Waals surface area contributed by atoms with Gasteiger partial charge in [-0.2, -0.15) is 4.98 Å². The second-order valence-corrected chi connectivity index (χ2v) is 4.38. The van der Waals surface area contributed by atoms with Crippen LogP contribution in [0.1, 0.15) is 37.7 Å². The zero-order chi connectivity index (χ0) is 13.5. The molecule has 1 unspecified atom stereocenters. The van der Waals surface area contributed by atoms with Gasteiger partial charge in [0.1, 0.15) is 5.75 Å². The Morgan fingerprint density at radius 2 is 2.11 bits per heavy atom. The van der Waals surface area contributed by atoms with Gasteiger partial charge in [0.15, 0.2) is 6.61 Å². The number of nitrogens with one attached hydrogen (secondary N) is 1. The van der Waals surface area contributed by atoms with Crippen LogP contribution in [0.25, 0.3) is 0 Å². The van der Waals surface area contributed by atoms with Crippen LogP contribution in [0.3, 0.4) is 0 Å². The van der Waals surface area contributed by atoms with E-state index in [0.29, 0.717) is 18.5 Å². The van der Waals surface area contributed by atoms with Crippen molar-refractivity contribution >= 4 is 0 Å². The summed E-state index contributed by atoms with van der Waals surface area (Å²) >= 11 is 0. The van der Waals surface area contributed by atoms with Crippen molar-refractivity contribution in [1.29, 1.82) is 0 Å². The van der Waals surface area contributed by atoms with Crippen molar-refractivity contribution in [2.75, 3.05) is 6.54 Å². The van der Waals surface area contributed by atoms with Crippen LogP contribution in [0.2, 0.25) is 0 Å². The van der Waals surface area contributed by atoms with Crippen LogP contribution >= 0.6 is 0 Å². The fourth-order valence-electron chi connectivity index (χ4n) is 1.74. The van der Waals surface area contributed by atoms with Gasteiger partial charge >= 0.3 is 0 Å². The highest BCUT2D eigenvalue weighted by Crippen LogP contribution is 2.18. The first-order valence-corrected chi connectivity index (χ1v) is 6.51. The molecule has 102 valence electrons. The van der Waals surface area contributed by atoms with E-state index in [1.54, 1.807) is 0 Å². The van der Waals surface area contributed by atoms with E-state index in [1.807, 2.05) is 12.1 Å². The van der Waals surface area contributed by atoms with E-state index in [-0.39, 0.29) is 0 Å². The van der Waals surface area contributed by atoms with Gasteiger partial charge in [0.05, 0.1) is 0 Å². The molecule has 1 heterocycles. The maximum absolute atomic E-state index is 5.56. The Hall–Kier alpha value is -1.88. The Morgan fingerprint density at radius 1 is 1.32 bits per heavy atom. The molecule has 2 aromatic rings. The number of nitrogens with zero attached hydrogens (tertiary/aromatic N) is 2. The Kier molecular flexibility index (Phi) is 4.92. The quantitative estimate of drug-likeness (QED) is 0.830. The summed E-state index contributed by atoms with van der Waals surface area (Å²) in [4.78, 5) is 3.90. The van der Waals surface area contributed by atoms with Gasteiger partial charge in [0, 0.05) is 6.04 Å². The highest BCUT2D eigenvalue weighted by atomic mass is 16.5. The van der Waals surface area contributed by atoms with Crippen molar-refractivity contribution < 1.29 is 9.26 Å². The van der Waals surface area contributed by atoms with Gasteiger partial charge in [-0.25, -0.2) is 0 Å². The van der Waals surface area contributed by atoms with Crippen LogP contribution in [0.4, 0.5) is 0 Å². The molecule has 0 saturated heterocycles. The zero-order valence-corrected chi connectivity index (χ0v) is 11.3. The third-order valence-electron chi connectivity index (χ3n) is 2.86. The van der Waals surface area contributed by atoms with Crippen LogP contribution in [0, 0.1) is 0 Å². The molecule has 0 aliphatic heterocycles. The molecule has 19 heavy (non-hydrogen) atoms. The van der Waals surface area contributed by atoms with Crippen LogP contribution in [-0.2, 0) is 6.61 Å². The van der Waals surface area contributed by atoms with Crippen LogP contribution in [-0.4, -0.2) is 16.7 Å². The molecule has 0 radical (unpaired) electrons. The molecular formula is C14H19N3O2. The average molecular weight is 261 g/mol.